The van der Waals surface area contributed by atoms with E-state index >= 15 is 0 Å². The van der Waals surface area contributed by atoms with E-state index in [9.17, 15) is 0 Å². The highest BCUT2D eigenvalue weighted by Gasteiger charge is 2.23. The fraction of sp³-hybridized carbons (Fsp3) is 0.375. The summed E-state index contributed by atoms with van der Waals surface area (Å²) in [6, 6.07) is 6.12. The zero-order valence-electron chi connectivity index (χ0n) is 11.9. The lowest BCUT2D eigenvalue weighted by Gasteiger charge is -2.15. The summed E-state index contributed by atoms with van der Waals surface area (Å²) in [5.41, 5.74) is 2.48. The molecular weight excluding hydrogens is 372 g/mol. The van der Waals surface area contributed by atoms with Gasteiger partial charge in [-0.05, 0) is 48.6 Å². The van der Waals surface area contributed by atoms with Crippen molar-refractivity contribution in [3.63, 3.8) is 0 Å². The minimum absolute atomic E-state index is 0.171. The summed E-state index contributed by atoms with van der Waals surface area (Å²) in [4.78, 5) is 2.70. The normalized spacial score (nSPS) is 14.9. The molecule has 0 amide bonds. The third kappa shape index (κ3) is 2.81. The van der Waals surface area contributed by atoms with Crippen molar-refractivity contribution in [3.8, 4) is 11.5 Å². The van der Waals surface area contributed by atoms with Crippen molar-refractivity contribution in [3.05, 3.63) is 43.6 Å². The number of benzene rings is 1. The molecule has 0 fully saturated rings. The van der Waals surface area contributed by atoms with Gasteiger partial charge in [-0.1, -0.05) is 15.9 Å². The first-order chi connectivity index (χ1) is 10.1. The van der Waals surface area contributed by atoms with E-state index < -0.39 is 0 Å². The molecule has 1 atom stereocenters. The molecule has 0 bridgehead atoms. The summed E-state index contributed by atoms with van der Waals surface area (Å²) in [6.45, 7) is 0. The van der Waals surface area contributed by atoms with Crippen molar-refractivity contribution in [2.45, 2.75) is 24.6 Å². The Morgan fingerprint density at radius 2 is 1.86 bits per heavy atom. The van der Waals surface area contributed by atoms with Gasteiger partial charge < -0.3 is 9.47 Å². The van der Waals surface area contributed by atoms with E-state index in [1.807, 2.05) is 23.5 Å². The van der Waals surface area contributed by atoms with Gasteiger partial charge in [0.2, 0.25) is 0 Å². The fourth-order valence-corrected chi connectivity index (χ4v) is 5.01. The van der Waals surface area contributed by atoms with Crippen LogP contribution in [0.5, 0.6) is 11.5 Å². The molecule has 3 rings (SSSR count). The molecule has 1 aromatic heterocycles. The average Bonchev–Trinajstić information content (AvgIpc) is 3.07. The molecule has 1 unspecified atom stereocenters. The molecule has 1 aromatic carbocycles. The van der Waals surface area contributed by atoms with Crippen LogP contribution in [0.25, 0.3) is 0 Å². The third-order valence-electron chi connectivity index (χ3n) is 3.79. The Labute approximate surface area is 142 Å². The van der Waals surface area contributed by atoms with Crippen molar-refractivity contribution in [1.82, 2.24) is 0 Å². The topological polar surface area (TPSA) is 18.5 Å². The van der Waals surface area contributed by atoms with Gasteiger partial charge in [0.25, 0.3) is 0 Å². The zero-order valence-corrected chi connectivity index (χ0v) is 15.1. The van der Waals surface area contributed by atoms with Gasteiger partial charge >= 0.3 is 0 Å². The smallest absolute Gasteiger partial charge is 0.161 e. The fourth-order valence-electron chi connectivity index (χ4n) is 2.69. The number of halogens is 2. The minimum atomic E-state index is -0.171. The second-order valence-electron chi connectivity index (χ2n) is 5.04. The lowest BCUT2D eigenvalue weighted by Crippen LogP contribution is -1.97. The highest BCUT2D eigenvalue weighted by Crippen LogP contribution is 2.44. The molecule has 0 N–H and O–H groups in total. The lowest BCUT2D eigenvalue weighted by atomic mass is 10.1. The Hall–Kier alpha value is -0.710. The first-order valence-corrected chi connectivity index (χ1v) is 8.85. The van der Waals surface area contributed by atoms with E-state index in [1.165, 1.54) is 34.6 Å². The quantitative estimate of drug-likeness (QED) is 0.659. The van der Waals surface area contributed by atoms with Crippen LogP contribution in [0.4, 0.5) is 0 Å². The van der Waals surface area contributed by atoms with Crippen LogP contribution in [-0.4, -0.2) is 14.2 Å². The Balaban J connectivity index is 1.98. The van der Waals surface area contributed by atoms with Gasteiger partial charge in [-0.3, -0.25) is 0 Å². The number of thiophene rings is 1. The number of rotatable bonds is 4. The number of fused-ring (bicyclic) bond motifs is 1. The van der Waals surface area contributed by atoms with Crippen LogP contribution in [0.1, 0.15) is 32.7 Å². The van der Waals surface area contributed by atoms with Gasteiger partial charge in [0, 0.05) is 14.2 Å². The zero-order chi connectivity index (χ0) is 15.0. The molecule has 21 heavy (non-hydrogen) atoms. The summed E-state index contributed by atoms with van der Waals surface area (Å²) in [7, 11) is 3.27. The van der Waals surface area contributed by atoms with Crippen molar-refractivity contribution in [2.24, 2.45) is 0 Å². The van der Waals surface area contributed by atoms with E-state index in [0.717, 1.165) is 10.0 Å². The molecule has 0 radical (unpaired) electrons. The van der Waals surface area contributed by atoms with Gasteiger partial charge in [-0.15, -0.1) is 22.9 Å². The van der Waals surface area contributed by atoms with Gasteiger partial charge in [0.15, 0.2) is 11.5 Å². The number of ether oxygens (including phenoxy) is 2. The number of alkyl halides is 1. The molecule has 0 saturated heterocycles. The Morgan fingerprint density at radius 3 is 2.52 bits per heavy atom. The largest absolute Gasteiger partial charge is 0.493 e. The van der Waals surface area contributed by atoms with Gasteiger partial charge in [-0.2, -0.15) is 0 Å². The van der Waals surface area contributed by atoms with Crippen LogP contribution in [0.3, 0.4) is 0 Å². The number of hydrogen-bond donors (Lipinski definition) is 0. The number of hydrogen-bond acceptors (Lipinski definition) is 3. The summed E-state index contributed by atoms with van der Waals surface area (Å²) in [5, 5.41) is -0.171. The summed E-state index contributed by atoms with van der Waals surface area (Å²) < 4.78 is 11.6. The van der Waals surface area contributed by atoms with E-state index in [-0.39, 0.29) is 5.38 Å². The maximum atomic E-state index is 6.71. The molecule has 2 aromatic rings. The second-order valence-corrected chi connectivity index (χ2v) is 7.50. The van der Waals surface area contributed by atoms with Crippen LogP contribution in [0.2, 0.25) is 0 Å². The monoisotopic (exact) mass is 386 g/mol. The average molecular weight is 388 g/mol. The second kappa shape index (κ2) is 6.19. The molecular formula is C16H16BrClO2S. The standard InChI is InChI=1S/C16H16BrClO2S/c1-19-12-7-10(11(17)8-13(12)20-2)16(18)15-6-9-4-3-5-14(9)21-15/h6-8,16H,3-5H2,1-2H3. The summed E-state index contributed by atoms with van der Waals surface area (Å²) in [6.07, 6.45) is 3.65. The molecule has 0 spiro atoms. The van der Waals surface area contributed by atoms with Crippen LogP contribution in [0, 0.1) is 0 Å². The van der Waals surface area contributed by atoms with Crippen LogP contribution in [0.15, 0.2) is 22.7 Å². The molecule has 5 heteroatoms. The van der Waals surface area contributed by atoms with Crippen molar-refractivity contribution < 1.29 is 9.47 Å². The first kappa shape index (κ1) is 15.2. The lowest BCUT2D eigenvalue weighted by molar-refractivity contribution is 0.354. The SMILES string of the molecule is COc1cc(Br)c(C(Cl)c2cc3c(s2)CCC3)cc1OC. The van der Waals surface area contributed by atoms with E-state index in [2.05, 4.69) is 22.0 Å². The molecule has 1 aliphatic carbocycles. The molecule has 112 valence electrons. The minimum Gasteiger partial charge on any atom is -0.493 e. The van der Waals surface area contributed by atoms with Crippen LogP contribution in [-0.2, 0) is 12.8 Å². The van der Waals surface area contributed by atoms with Crippen LogP contribution < -0.4 is 9.47 Å². The maximum Gasteiger partial charge on any atom is 0.161 e. The molecule has 0 aliphatic heterocycles. The van der Waals surface area contributed by atoms with Crippen LogP contribution >= 0.6 is 38.9 Å². The molecule has 0 saturated carbocycles. The van der Waals surface area contributed by atoms with Gasteiger partial charge in [-0.25, -0.2) is 0 Å². The molecule has 1 aliphatic rings. The van der Waals surface area contributed by atoms with Crippen molar-refractivity contribution >= 4 is 38.9 Å². The van der Waals surface area contributed by atoms with Gasteiger partial charge in [0.05, 0.1) is 19.6 Å². The summed E-state index contributed by atoms with van der Waals surface area (Å²) in [5.74, 6) is 1.40. The molecule has 2 nitrogen and oxygen atoms in total. The Morgan fingerprint density at radius 1 is 1.14 bits per heavy atom. The highest BCUT2D eigenvalue weighted by atomic mass is 79.9. The van der Waals surface area contributed by atoms with E-state index in [1.54, 1.807) is 14.2 Å². The number of methoxy groups -OCH3 is 2. The maximum absolute atomic E-state index is 6.71. The van der Waals surface area contributed by atoms with Gasteiger partial charge in [0.1, 0.15) is 0 Å². The highest BCUT2D eigenvalue weighted by molar-refractivity contribution is 9.10. The van der Waals surface area contributed by atoms with E-state index in [4.69, 9.17) is 21.1 Å². The number of aryl methyl sites for hydroxylation is 2. The van der Waals surface area contributed by atoms with E-state index in [0.29, 0.717) is 11.5 Å². The Kier molecular flexibility index (Phi) is 4.48. The predicted octanol–water partition coefficient (Wildman–Crippen LogP) is 5.34. The summed E-state index contributed by atoms with van der Waals surface area (Å²) >= 11 is 12.1. The first-order valence-electron chi connectivity index (χ1n) is 6.81. The Bertz CT molecular complexity index is 647. The third-order valence-corrected chi connectivity index (χ3v) is 6.38. The van der Waals surface area contributed by atoms with Crippen molar-refractivity contribution in [1.29, 1.82) is 0 Å². The predicted molar refractivity (Wildman–Crippen MR) is 91.3 cm³/mol. The molecule has 1 heterocycles. The van der Waals surface area contributed by atoms with Crippen molar-refractivity contribution in [2.75, 3.05) is 14.2 Å².